The van der Waals surface area contributed by atoms with Crippen LogP contribution in [0.25, 0.3) is 0 Å². The zero-order valence-corrected chi connectivity index (χ0v) is 12.0. The highest BCUT2D eigenvalue weighted by molar-refractivity contribution is 5.52. The Balaban J connectivity index is 2.39. The van der Waals surface area contributed by atoms with Crippen LogP contribution in [-0.2, 0) is 0 Å². The lowest BCUT2D eigenvalue weighted by Crippen LogP contribution is -2.22. The van der Waals surface area contributed by atoms with Crippen molar-refractivity contribution in [2.24, 2.45) is 0 Å². The van der Waals surface area contributed by atoms with Crippen LogP contribution in [0.2, 0.25) is 0 Å². The average Bonchev–Trinajstić information content (AvgIpc) is 2.81. The second kappa shape index (κ2) is 5.55. The van der Waals surface area contributed by atoms with E-state index >= 15 is 0 Å². The second-order valence-electron chi connectivity index (χ2n) is 5.25. The Morgan fingerprint density at radius 3 is 2.44 bits per heavy atom. The molecule has 0 aliphatic carbocycles. The molecule has 18 heavy (non-hydrogen) atoms. The lowest BCUT2D eigenvalue weighted by atomic mass is 10.0. The third kappa shape index (κ3) is 2.57. The Morgan fingerprint density at radius 1 is 1.22 bits per heavy atom. The molecule has 1 aliphatic rings. The first-order valence-corrected chi connectivity index (χ1v) is 7.00. The molecule has 1 aliphatic heterocycles. The molecule has 0 atom stereocenters. The number of rotatable bonds is 4. The van der Waals surface area contributed by atoms with E-state index in [2.05, 4.69) is 37.9 Å². The van der Waals surface area contributed by atoms with Crippen LogP contribution in [0.3, 0.4) is 0 Å². The van der Waals surface area contributed by atoms with Crippen LogP contribution in [-0.4, -0.2) is 29.6 Å². The van der Waals surface area contributed by atoms with Gasteiger partial charge in [-0.3, -0.25) is 0 Å². The van der Waals surface area contributed by atoms with Gasteiger partial charge in [0.15, 0.2) is 0 Å². The summed E-state index contributed by atoms with van der Waals surface area (Å²) in [6.45, 7) is 11.7. The minimum absolute atomic E-state index is 0.451. The predicted molar refractivity (Wildman–Crippen MR) is 76.5 cm³/mol. The van der Waals surface area contributed by atoms with E-state index in [1.807, 2.05) is 0 Å². The van der Waals surface area contributed by atoms with Crippen molar-refractivity contribution < 1.29 is 0 Å². The summed E-state index contributed by atoms with van der Waals surface area (Å²) in [5, 5.41) is 3.38. The van der Waals surface area contributed by atoms with Crippen LogP contribution in [0, 0.1) is 6.92 Å². The fourth-order valence-corrected chi connectivity index (χ4v) is 2.62. The third-order valence-corrected chi connectivity index (χ3v) is 3.43. The number of aromatic nitrogens is 2. The van der Waals surface area contributed by atoms with E-state index in [1.165, 1.54) is 18.4 Å². The SMILES string of the molecule is CCNc1nc(N2CCCC2)nc(C)c1C(C)C. The molecule has 1 saturated heterocycles. The molecule has 2 heterocycles. The highest BCUT2D eigenvalue weighted by Crippen LogP contribution is 2.28. The summed E-state index contributed by atoms with van der Waals surface area (Å²) in [5.74, 6) is 2.36. The first-order chi connectivity index (χ1) is 8.63. The molecule has 1 aromatic heterocycles. The van der Waals surface area contributed by atoms with Gasteiger partial charge in [0.05, 0.1) is 0 Å². The number of nitrogens with zero attached hydrogens (tertiary/aromatic N) is 3. The van der Waals surface area contributed by atoms with Crippen LogP contribution < -0.4 is 10.2 Å². The fourth-order valence-electron chi connectivity index (χ4n) is 2.62. The molecule has 0 radical (unpaired) electrons. The Labute approximate surface area is 110 Å². The van der Waals surface area contributed by atoms with Crippen molar-refractivity contribution in [1.82, 2.24) is 9.97 Å². The lowest BCUT2D eigenvalue weighted by molar-refractivity contribution is 0.812. The number of hydrogen-bond donors (Lipinski definition) is 1. The van der Waals surface area contributed by atoms with Crippen molar-refractivity contribution in [2.45, 2.75) is 46.5 Å². The Hall–Kier alpha value is -1.32. The van der Waals surface area contributed by atoms with Crippen molar-refractivity contribution in [3.63, 3.8) is 0 Å². The highest BCUT2D eigenvalue weighted by atomic mass is 15.3. The van der Waals surface area contributed by atoms with E-state index in [1.54, 1.807) is 0 Å². The number of nitrogens with one attached hydrogen (secondary N) is 1. The van der Waals surface area contributed by atoms with Gasteiger partial charge in [0.1, 0.15) is 5.82 Å². The largest absolute Gasteiger partial charge is 0.370 e. The Kier molecular flexibility index (Phi) is 4.04. The smallest absolute Gasteiger partial charge is 0.227 e. The van der Waals surface area contributed by atoms with Crippen molar-refractivity contribution >= 4 is 11.8 Å². The van der Waals surface area contributed by atoms with Gasteiger partial charge in [0, 0.05) is 30.9 Å². The van der Waals surface area contributed by atoms with Crippen LogP contribution in [0.5, 0.6) is 0 Å². The first-order valence-electron chi connectivity index (χ1n) is 7.00. The van der Waals surface area contributed by atoms with Crippen molar-refractivity contribution in [1.29, 1.82) is 0 Å². The number of aryl methyl sites for hydroxylation is 1. The molecular weight excluding hydrogens is 224 g/mol. The van der Waals surface area contributed by atoms with Gasteiger partial charge in [-0.25, -0.2) is 4.98 Å². The van der Waals surface area contributed by atoms with E-state index in [-0.39, 0.29) is 0 Å². The maximum absolute atomic E-state index is 4.73. The van der Waals surface area contributed by atoms with Gasteiger partial charge in [-0.2, -0.15) is 4.98 Å². The molecule has 1 N–H and O–H groups in total. The summed E-state index contributed by atoms with van der Waals surface area (Å²) in [4.78, 5) is 11.7. The molecule has 4 nitrogen and oxygen atoms in total. The van der Waals surface area contributed by atoms with Gasteiger partial charge >= 0.3 is 0 Å². The molecule has 1 aromatic rings. The zero-order valence-electron chi connectivity index (χ0n) is 12.0. The van der Waals surface area contributed by atoms with Gasteiger partial charge in [0.2, 0.25) is 5.95 Å². The summed E-state index contributed by atoms with van der Waals surface area (Å²) in [6.07, 6.45) is 2.51. The molecular formula is C14H24N4. The van der Waals surface area contributed by atoms with Crippen molar-refractivity contribution in [2.75, 3.05) is 29.9 Å². The quantitative estimate of drug-likeness (QED) is 0.889. The van der Waals surface area contributed by atoms with E-state index in [9.17, 15) is 0 Å². The van der Waals surface area contributed by atoms with Crippen LogP contribution >= 0.6 is 0 Å². The lowest BCUT2D eigenvalue weighted by Gasteiger charge is -2.21. The van der Waals surface area contributed by atoms with E-state index < -0.39 is 0 Å². The third-order valence-electron chi connectivity index (χ3n) is 3.43. The molecule has 0 saturated carbocycles. The molecule has 0 unspecified atom stereocenters. The molecule has 2 rings (SSSR count). The monoisotopic (exact) mass is 248 g/mol. The van der Waals surface area contributed by atoms with Crippen molar-refractivity contribution in [3.05, 3.63) is 11.3 Å². The minimum atomic E-state index is 0.451. The molecule has 1 fully saturated rings. The topological polar surface area (TPSA) is 41.1 Å². The minimum Gasteiger partial charge on any atom is -0.370 e. The van der Waals surface area contributed by atoms with Crippen LogP contribution in [0.15, 0.2) is 0 Å². The number of hydrogen-bond acceptors (Lipinski definition) is 4. The molecule has 0 bridgehead atoms. The summed E-state index contributed by atoms with van der Waals surface area (Å²) in [5.41, 5.74) is 2.36. The highest BCUT2D eigenvalue weighted by Gasteiger charge is 2.19. The van der Waals surface area contributed by atoms with Crippen molar-refractivity contribution in [3.8, 4) is 0 Å². The van der Waals surface area contributed by atoms with E-state index in [0.717, 1.165) is 37.1 Å². The second-order valence-corrected chi connectivity index (χ2v) is 5.25. The summed E-state index contributed by atoms with van der Waals surface area (Å²) < 4.78 is 0. The summed E-state index contributed by atoms with van der Waals surface area (Å²) in [7, 11) is 0. The number of anilines is 2. The zero-order chi connectivity index (χ0) is 13.1. The Morgan fingerprint density at radius 2 is 1.89 bits per heavy atom. The van der Waals surface area contributed by atoms with Gasteiger partial charge < -0.3 is 10.2 Å². The summed E-state index contributed by atoms with van der Waals surface area (Å²) in [6, 6.07) is 0. The maximum atomic E-state index is 4.73. The molecule has 0 amide bonds. The Bertz CT molecular complexity index is 409. The molecule has 0 aromatic carbocycles. The van der Waals surface area contributed by atoms with Gasteiger partial charge in [-0.05, 0) is 32.6 Å². The molecule has 100 valence electrons. The normalized spacial score (nSPS) is 15.5. The van der Waals surface area contributed by atoms with E-state index in [0.29, 0.717) is 5.92 Å². The molecule has 4 heteroatoms. The molecule has 0 spiro atoms. The van der Waals surface area contributed by atoms with Gasteiger partial charge in [-0.15, -0.1) is 0 Å². The summed E-state index contributed by atoms with van der Waals surface area (Å²) >= 11 is 0. The standard InChI is InChI=1S/C14H24N4/c1-5-15-13-12(10(2)3)11(4)16-14(17-13)18-8-6-7-9-18/h10H,5-9H2,1-4H3,(H,15,16,17). The predicted octanol–water partition coefficient (Wildman–Crippen LogP) is 2.94. The fraction of sp³-hybridized carbons (Fsp3) is 0.714. The first kappa shape index (κ1) is 13.1. The van der Waals surface area contributed by atoms with Crippen LogP contribution in [0.4, 0.5) is 11.8 Å². The van der Waals surface area contributed by atoms with E-state index in [4.69, 9.17) is 9.97 Å². The van der Waals surface area contributed by atoms with Gasteiger partial charge in [-0.1, -0.05) is 13.8 Å². The average molecular weight is 248 g/mol. The van der Waals surface area contributed by atoms with Crippen LogP contribution in [0.1, 0.15) is 50.8 Å². The maximum Gasteiger partial charge on any atom is 0.227 e. The van der Waals surface area contributed by atoms with Gasteiger partial charge in [0.25, 0.3) is 0 Å².